The highest BCUT2D eigenvalue weighted by atomic mass is 19.1. The molecule has 1 saturated heterocycles. The van der Waals surface area contributed by atoms with Crippen LogP contribution in [0.1, 0.15) is 33.6 Å². The van der Waals surface area contributed by atoms with Gasteiger partial charge in [0.2, 0.25) is 0 Å². The number of hydrogen-bond acceptors (Lipinski definition) is 2. The van der Waals surface area contributed by atoms with E-state index in [4.69, 9.17) is 0 Å². The normalized spacial score (nSPS) is 27.6. The smallest absolute Gasteiger partial charge is 0.128 e. The Labute approximate surface area is 113 Å². The van der Waals surface area contributed by atoms with Crippen molar-refractivity contribution in [2.75, 3.05) is 18.0 Å². The van der Waals surface area contributed by atoms with Crippen molar-refractivity contribution in [2.45, 2.75) is 45.2 Å². The highest BCUT2D eigenvalue weighted by molar-refractivity contribution is 5.49. The summed E-state index contributed by atoms with van der Waals surface area (Å²) in [5.41, 5.74) is 0.639. The Bertz CT molecular complexity index is 430. The van der Waals surface area contributed by atoms with Crippen molar-refractivity contribution in [1.29, 1.82) is 0 Å². The van der Waals surface area contributed by atoms with E-state index in [1.807, 2.05) is 0 Å². The van der Waals surface area contributed by atoms with Crippen LogP contribution in [0.2, 0.25) is 0 Å². The molecule has 0 amide bonds. The summed E-state index contributed by atoms with van der Waals surface area (Å²) in [6.07, 6.45) is 1.93. The van der Waals surface area contributed by atoms with Gasteiger partial charge < -0.3 is 10.2 Å². The van der Waals surface area contributed by atoms with Gasteiger partial charge in [0.05, 0.1) is 0 Å². The van der Waals surface area contributed by atoms with Crippen molar-refractivity contribution in [3.05, 3.63) is 29.8 Å². The van der Waals surface area contributed by atoms with Crippen LogP contribution in [-0.2, 0) is 0 Å². The minimum atomic E-state index is -0.512. The minimum absolute atomic E-state index is 0.00549. The van der Waals surface area contributed by atoms with E-state index in [1.54, 1.807) is 0 Å². The van der Waals surface area contributed by atoms with E-state index in [-0.39, 0.29) is 11.6 Å². The molecule has 0 radical (unpaired) electrons. The monoisotopic (exact) mass is 268 g/mol. The fraction of sp³-hybridized carbons (Fsp3) is 0.600. The molecular formula is C15H22F2N2. The minimum Gasteiger partial charge on any atom is -0.365 e. The third-order valence-electron chi connectivity index (χ3n) is 4.16. The van der Waals surface area contributed by atoms with Crippen molar-refractivity contribution in [1.82, 2.24) is 5.32 Å². The number of hydrogen-bond donors (Lipinski definition) is 1. The highest BCUT2D eigenvalue weighted by Crippen LogP contribution is 2.27. The van der Waals surface area contributed by atoms with Gasteiger partial charge in [-0.1, -0.05) is 13.8 Å². The second-order valence-electron chi connectivity index (χ2n) is 5.61. The Morgan fingerprint density at radius 3 is 2.42 bits per heavy atom. The number of rotatable bonds is 3. The Morgan fingerprint density at radius 1 is 1.26 bits per heavy atom. The lowest BCUT2D eigenvalue weighted by molar-refractivity contribution is 0.276. The Balaban J connectivity index is 2.32. The first-order chi connectivity index (χ1) is 8.97. The zero-order valence-corrected chi connectivity index (χ0v) is 11.8. The Morgan fingerprint density at radius 2 is 1.89 bits per heavy atom. The third-order valence-corrected chi connectivity index (χ3v) is 4.16. The molecule has 0 aliphatic carbocycles. The van der Waals surface area contributed by atoms with Gasteiger partial charge in [-0.15, -0.1) is 0 Å². The van der Waals surface area contributed by atoms with Gasteiger partial charge >= 0.3 is 0 Å². The van der Waals surface area contributed by atoms with Gasteiger partial charge in [-0.2, -0.15) is 0 Å². The molecule has 1 fully saturated rings. The maximum atomic E-state index is 13.4. The van der Waals surface area contributed by atoms with E-state index < -0.39 is 11.6 Å². The summed E-state index contributed by atoms with van der Waals surface area (Å²) in [7, 11) is 0. The summed E-state index contributed by atoms with van der Waals surface area (Å²) >= 11 is 0. The van der Waals surface area contributed by atoms with Crippen molar-refractivity contribution < 1.29 is 8.78 Å². The largest absolute Gasteiger partial charge is 0.365 e. The zero-order chi connectivity index (χ0) is 14.0. The number of anilines is 1. The molecule has 2 atom stereocenters. The van der Waals surface area contributed by atoms with Gasteiger partial charge in [0.15, 0.2) is 0 Å². The molecule has 106 valence electrons. The lowest BCUT2D eigenvalue weighted by Gasteiger charge is -2.47. The van der Waals surface area contributed by atoms with Gasteiger partial charge in [0.1, 0.15) is 11.6 Å². The summed E-state index contributed by atoms with van der Waals surface area (Å²) in [5.74, 6) is -1.02. The number of halogens is 2. The molecule has 2 unspecified atom stereocenters. The number of nitrogens with one attached hydrogen (secondary N) is 1. The first-order valence-corrected chi connectivity index (χ1v) is 6.95. The first-order valence-electron chi connectivity index (χ1n) is 6.95. The van der Waals surface area contributed by atoms with Crippen molar-refractivity contribution in [3.8, 4) is 0 Å². The Hall–Kier alpha value is -1.16. The van der Waals surface area contributed by atoms with Gasteiger partial charge in [0.25, 0.3) is 0 Å². The molecule has 1 aromatic carbocycles. The fourth-order valence-electron chi connectivity index (χ4n) is 2.64. The number of nitrogens with zero attached hydrogens (tertiary/aromatic N) is 1. The van der Waals surface area contributed by atoms with Crippen LogP contribution in [0.15, 0.2) is 18.2 Å². The molecule has 1 aliphatic heterocycles. The molecule has 1 N–H and O–H groups in total. The van der Waals surface area contributed by atoms with Crippen LogP contribution in [-0.4, -0.2) is 24.7 Å². The van der Waals surface area contributed by atoms with Gasteiger partial charge in [0, 0.05) is 36.4 Å². The molecule has 4 heteroatoms. The topological polar surface area (TPSA) is 15.3 Å². The quantitative estimate of drug-likeness (QED) is 0.904. The van der Waals surface area contributed by atoms with Crippen LogP contribution in [0, 0.1) is 11.6 Å². The zero-order valence-electron chi connectivity index (χ0n) is 11.8. The molecule has 1 heterocycles. The molecule has 0 bridgehead atoms. The molecular weight excluding hydrogens is 246 g/mol. The average molecular weight is 268 g/mol. The van der Waals surface area contributed by atoms with Crippen molar-refractivity contribution >= 4 is 5.69 Å². The fourth-order valence-corrected chi connectivity index (χ4v) is 2.64. The van der Waals surface area contributed by atoms with Gasteiger partial charge in [-0.3, -0.25) is 0 Å². The number of piperazine rings is 1. The lowest BCUT2D eigenvalue weighted by atomic mass is 9.92. The summed E-state index contributed by atoms with van der Waals surface area (Å²) in [6, 6.07) is 4.05. The van der Waals surface area contributed by atoms with Crippen LogP contribution < -0.4 is 10.2 Å². The van der Waals surface area contributed by atoms with E-state index >= 15 is 0 Å². The lowest BCUT2D eigenvalue weighted by Crippen LogP contribution is -2.62. The molecule has 0 spiro atoms. The average Bonchev–Trinajstić information content (AvgIpc) is 2.37. The van der Waals surface area contributed by atoms with Crippen LogP contribution >= 0.6 is 0 Å². The predicted octanol–water partition coefficient (Wildman–Crippen LogP) is 3.32. The number of benzene rings is 1. The van der Waals surface area contributed by atoms with Crippen molar-refractivity contribution in [3.63, 3.8) is 0 Å². The summed E-state index contributed by atoms with van der Waals surface area (Å²) < 4.78 is 26.8. The summed E-state index contributed by atoms with van der Waals surface area (Å²) in [5, 5.41) is 3.55. The van der Waals surface area contributed by atoms with E-state index in [2.05, 4.69) is 31.0 Å². The van der Waals surface area contributed by atoms with Crippen LogP contribution in [0.25, 0.3) is 0 Å². The van der Waals surface area contributed by atoms with Gasteiger partial charge in [-0.25, -0.2) is 8.78 Å². The second kappa shape index (κ2) is 5.45. The van der Waals surface area contributed by atoms with Crippen LogP contribution in [0.4, 0.5) is 14.5 Å². The van der Waals surface area contributed by atoms with E-state index in [0.717, 1.165) is 32.0 Å². The molecule has 1 aromatic rings. The van der Waals surface area contributed by atoms with E-state index in [1.165, 1.54) is 12.1 Å². The van der Waals surface area contributed by atoms with Gasteiger partial charge in [-0.05, 0) is 31.9 Å². The molecule has 0 aromatic heterocycles. The van der Waals surface area contributed by atoms with Crippen LogP contribution in [0.5, 0.6) is 0 Å². The van der Waals surface area contributed by atoms with Crippen LogP contribution in [0.3, 0.4) is 0 Å². The maximum absolute atomic E-state index is 13.4. The summed E-state index contributed by atoms with van der Waals surface area (Å²) in [6.45, 7) is 8.00. The van der Waals surface area contributed by atoms with E-state index in [9.17, 15) is 8.78 Å². The summed E-state index contributed by atoms with van der Waals surface area (Å²) in [4.78, 5) is 2.13. The Kier molecular flexibility index (Phi) is 4.09. The first kappa shape index (κ1) is 14.3. The molecule has 19 heavy (non-hydrogen) atoms. The molecule has 2 rings (SSSR count). The molecule has 2 nitrogen and oxygen atoms in total. The van der Waals surface area contributed by atoms with Crippen molar-refractivity contribution in [2.24, 2.45) is 0 Å². The standard InChI is InChI=1S/C15H22F2N2/c1-4-13-9-18-15(3,5-2)10-19(13)14-7-11(16)6-12(17)8-14/h6-8,13,18H,4-5,9-10H2,1-3H3. The highest BCUT2D eigenvalue weighted by Gasteiger charge is 2.34. The molecule has 1 aliphatic rings. The SMILES string of the molecule is CCC1CNC(C)(CC)CN1c1cc(F)cc(F)c1. The van der Waals surface area contributed by atoms with E-state index in [0.29, 0.717) is 5.69 Å². The molecule has 0 saturated carbocycles. The maximum Gasteiger partial charge on any atom is 0.128 e. The second-order valence-corrected chi connectivity index (χ2v) is 5.61. The predicted molar refractivity (Wildman–Crippen MR) is 74.5 cm³/mol. The third kappa shape index (κ3) is 3.06.